The molecular weight excluding hydrogens is 352 g/mol. The second-order valence-electron chi connectivity index (χ2n) is 5.82. The van der Waals surface area contributed by atoms with Gasteiger partial charge in [0.25, 0.3) is 5.56 Å². The third-order valence-electron chi connectivity index (χ3n) is 4.32. The van der Waals surface area contributed by atoms with Gasteiger partial charge in [0.2, 0.25) is 15.9 Å². The van der Waals surface area contributed by atoms with Gasteiger partial charge in [-0.2, -0.15) is 4.98 Å². The molecule has 0 bridgehead atoms. The Labute approximate surface area is 142 Å². The lowest BCUT2D eigenvalue weighted by atomic mass is 10.2. The van der Waals surface area contributed by atoms with Crippen molar-refractivity contribution in [2.45, 2.75) is 17.6 Å². The number of carboxylic acids is 1. The maximum absolute atomic E-state index is 12.2. The first-order chi connectivity index (χ1) is 11.7. The number of hydrogen-bond donors (Lipinski definition) is 2. The molecule has 1 aliphatic rings. The molecule has 0 spiro atoms. The van der Waals surface area contributed by atoms with Crippen LogP contribution in [0.5, 0.6) is 5.88 Å². The summed E-state index contributed by atoms with van der Waals surface area (Å²) < 4.78 is 32.1. The first kappa shape index (κ1) is 17.3. The normalized spacial score (nSPS) is 15.9. The van der Waals surface area contributed by atoms with Crippen LogP contribution in [0.4, 0.5) is 0 Å². The summed E-state index contributed by atoms with van der Waals surface area (Å²) in [5.74, 6) is -1.33. The molecule has 2 aromatic heterocycles. The number of carboxylic acid groups (broad SMARTS) is 1. The van der Waals surface area contributed by atoms with Crippen LogP contribution < -0.4 is 15.0 Å². The fraction of sp³-hybridized carbons (Fsp3) is 0.429. The lowest BCUT2D eigenvalue weighted by molar-refractivity contribution is 0.0694. The summed E-state index contributed by atoms with van der Waals surface area (Å²) in [6.45, 7) is -0.128. The predicted octanol–water partition coefficient (Wildman–Crippen LogP) is -0.513. The number of aromatic carboxylic acids is 1. The number of fused-ring (bicyclic) bond motifs is 1. The number of nitrogens with one attached hydrogen (secondary N) is 1. The van der Waals surface area contributed by atoms with Gasteiger partial charge in [-0.1, -0.05) is 0 Å². The summed E-state index contributed by atoms with van der Waals surface area (Å²) in [7, 11) is -0.792. The van der Waals surface area contributed by atoms with Crippen LogP contribution in [0.2, 0.25) is 0 Å². The Morgan fingerprint density at radius 3 is 2.68 bits per heavy atom. The molecule has 25 heavy (non-hydrogen) atoms. The van der Waals surface area contributed by atoms with Gasteiger partial charge >= 0.3 is 5.97 Å². The Balaban J connectivity index is 2.03. The van der Waals surface area contributed by atoms with E-state index >= 15 is 0 Å². The van der Waals surface area contributed by atoms with Gasteiger partial charge in [-0.05, 0) is 26.0 Å². The summed E-state index contributed by atoms with van der Waals surface area (Å²) >= 11 is 0. The van der Waals surface area contributed by atoms with Crippen molar-refractivity contribution in [3.8, 4) is 5.88 Å². The van der Waals surface area contributed by atoms with Crippen molar-refractivity contribution in [3.05, 3.63) is 28.3 Å². The molecule has 1 saturated carbocycles. The van der Waals surface area contributed by atoms with Crippen molar-refractivity contribution in [3.63, 3.8) is 0 Å². The SMILES string of the molecule is CNS(=O)(=O)C1(COc2ncnc3cc(C(=O)O)c(=O)n(C)c23)CC1. The molecule has 0 saturated heterocycles. The van der Waals surface area contributed by atoms with Crippen molar-refractivity contribution in [1.82, 2.24) is 19.3 Å². The summed E-state index contributed by atoms with van der Waals surface area (Å²) in [4.78, 5) is 31.2. The first-order valence-electron chi connectivity index (χ1n) is 7.36. The molecule has 0 aliphatic heterocycles. The van der Waals surface area contributed by atoms with E-state index < -0.39 is 31.9 Å². The highest BCUT2D eigenvalue weighted by Crippen LogP contribution is 2.43. The number of nitrogens with zero attached hydrogens (tertiary/aromatic N) is 3. The standard InChI is InChI=1S/C14H16N4O6S/c1-15-25(22,23)14(3-4-14)6-24-11-10-9(16-7-17-11)5-8(13(20)21)12(19)18(10)2/h5,7,15H,3-4,6H2,1-2H3,(H,20,21). The zero-order valence-corrected chi connectivity index (χ0v) is 14.3. The van der Waals surface area contributed by atoms with E-state index in [9.17, 15) is 18.0 Å². The van der Waals surface area contributed by atoms with E-state index in [0.717, 1.165) is 10.6 Å². The zero-order valence-electron chi connectivity index (χ0n) is 13.5. The fourth-order valence-corrected chi connectivity index (χ4v) is 3.87. The third kappa shape index (κ3) is 2.74. The number of aromatic nitrogens is 3. The van der Waals surface area contributed by atoms with Gasteiger partial charge in [0.05, 0.1) is 5.52 Å². The molecule has 2 heterocycles. The Hall–Kier alpha value is -2.53. The van der Waals surface area contributed by atoms with Crippen molar-refractivity contribution in [1.29, 1.82) is 0 Å². The van der Waals surface area contributed by atoms with Gasteiger partial charge in [-0.3, -0.25) is 4.79 Å². The summed E-state index contributed by atoms with van der Waals surface area (Å²) in [6.07, 6.45) is 2.09. The molecule has 134 valence electrons. The summed E-state index contributed by atoms with van der Waals surface area (Å²) in [5, 5.41) is 9.09. The Bertz CT molecular complexity index is 1030. The van der Waals surface area contributed by atoms with E-state index in [1.807, 2.05) is 0 Å². The number of hydrogen-bond acceptors (Lipinski definition) is 7. The Morgan fingerprint density at radius 2 is 2.12 bits per heavy atom. The second kappa shape index (κ2) is 5.77. The van der Waals surface area contributed by atoms with Crippen molar-refractivity contribution in [2.24, 2.45) is 7.05 Å². The molecule has 2 aromatic rings. The molecule has 3 rings (SSSR count). The van der Waals surface area contributed by atoms with Crippen LogP contribution in [-0.4, -0.2) is 52.4 Å². The number of carbonyl (C=O) groups is 1. The van der Waals surface area contributed by atoms with Gasteiger partial charge in [-0.25, -0.2) is 22.9 Å². The highest BCUT2D eigenvalue weighted by molar-refractivity contribution is 7.91. The van der Waals surface area contributed by atoms with E-state index in [4.69, 9.17) is 9.84 Å². The van der Waals surface area contributed by atoms with Crippen LogP contribution in [-0.2, 0) is 17.1 Å². The van der Waals surface area contributed by atoms with Gasteiger partial charge in [0, 0.05) is 7.05 Å². The average molecular weight is 368 g/mol. The lowest BCUT2D eigenvalue weighted by Gasteiger charge is -2.17. The minimum absolute atomic E-state index is 0.0270. The quantitative estimate of drug-likeness (QED) is 0.694. The summed E-state index contributed by atoms with van der Waals surface area (Å²) in [5.41, 5.74) is -0.735. The molecule has 1 fully saturated rings. The molecule has 2 N–H and O–H groups in total. The molecular formula is C14H16N4O6S. The molecule has 0 unspecified atom stereocenters. The highest BCUT2D eigenvalue weighted by atomic mass is 32.2. The average Bonchev–Trinajstić information content (AvgIpc) is 3.37. The van der Waals surface area contributed by atoms with E-state index in [2.05, 4.69) is 14.7 Å². The van der Waals surface area contributed by atoms with E-state index in [-0.39, 0.29) is 23.5 Å². The number of rotatable bonds is 6. The van der Waals surface area contributed by atoms with Gasteiger partial charge in [0.15, 0.2) is 0 Å². The molecule has 0 amide bonds. The first-order valence-corrected chi connectivity index (χ1v) is 8.85. The van der Waals surface area contributed by atoms with E-state index in [1.54, 1.807) is 0 Å². The molecule has 0 atom stereocenters. The van der Waals surface area contributed by atoms with Crippen molar-refractivity contribution >= 4 is 27.0 Å². The Kier molecular flexibility index (Phi) is 4.00. The largest absolute Gasteiger partial charge is 0.477 e. The number of pyridine rings is 1. The van der Waals surface area contributed by atoms with Crippen LogP contribution >= 0.6 is 0 Å². The van der Waals surface area contributed by atoms with E-state index in [1.165, 1.54) is 20.4 Å². The maximum Gasteiger partial charge on any atom is 0.341 e. The molecule has 0 aromatic carbocycles. The topological polar surface area (TPSA) is 140 Å². The predicted molar refractivity (Wildman–Crippen MR) is 87.2 cm³/mol. The maximum atomic E-state index is 12.2. The van der Waals surface area contributed by atoms with Gasteiger partial charge < -0.3 is 14.4 Å². The van der Waals surface area contributed by atoms with Crippen molar-refractivity contribution in [2.75, 3.05) is 13.7 Å². The number of ether oxygens (including phenoxy) is 1. The number of aryl methyl sites for hydroxylation is 1. The van der Waals surface area contributed by atoms with Crippen LogP contribution in [0.1, 0.15) is 23.2 Å². The smallest absolute Gasteiger partial charge is 0.341 e. The second-order valence-corrected chi connectivity index (χ2v) is 8.10. The highest BCUT2D eigenvalue weighted by Gasteiger charge is 2.55. The lowest BCUT2D eigenvalue weighted by Crippen LogP contribution is -2.38. The summed E-state index contributed by atoms with van der Waals surface area (Å²) in [6, 6.07) is 1.14. The van der Waals surface area contributed by atoms with Crippen LogP contribution in [0, 0.1) is 0 Å². The van der Waals surface area contributed by atoms with Crippen molar-refractivity contribution < 1.29 is 23.1 Å². The molecule has 1 aliphatic carbocycles. The minimum atomic E-state index is -3.51. The zero-order chi connectivity index (χ0) is 18.4. The van der Waals surface area contributed by atoms with Gasteiger partial charge in [0.1, 0.15) is 28.8 Å². The van der Waals surface area contributed by atoms with E-state index in [0.29, 0.717) is 12.8 Å². The molecule has 0 radical (unpaired) electrons. The minimum Gasteiger partial charge on any atom is -0.477 e. The van der Waals surface area contributed by atoms with Crippen LogP contribution in [0.3, 0.4) is 0 Å². The van der Waals surface area contributed by atoms with Gasteiger partial charge in [-0.15, -0.1) is 0 Å². The fourth-order valence-electron chi connectivity index (χ4n) is 2.58. The molecule has 11 heteroatoms. The molecule has 10 nitrogen and oxygen atoms in total. The monoisotopic (exact) mass is 368 g/mol. The van der Waals surface area contributed by atoms with Crippen LogP contribution in [0.15, 0.2) is 17.2 Å². The Morgan fingerprint density at radius 1 is 1.44 bits per heavy atom. The third-order valence-corrected chi connectivity index (χ3v) is 6.52. The number of sulfonamides is 1. The van der Waals surface area contributed by atoms with Crippen LogP contribution in [0.25, 0.3) is 11.0 Å².